The number of alkyl carbamates (subject to hydrolysis) is 1. The molecular formula is C17H22ClNO3S. The molecule has 0 aliphatic heterocycles. The largest absolute Gasteiger partial charge is 0.445 e. The molecule has 6 heteroatoms. The van der Waals surface area contributed by atoms with Crippen molar-refractivity contribution in [1.29, 1.82) is 0 Å². The number of amides is 1. The molecule has 0 bridgehead atoms. The first-order valence-electron chi connectivity index (χ1n) is 7.46. The minimum absolute atomic E-state index is 0.0144. The third-order valence-corrected chi connectivity index (χ3v) is 4.42. The summed E-state index contributed by atoms with van der Waals surface area (Å²) in [6.07, 6.45) is 2.28. The summed E-state index contributed by atoms with van der Waals surface area (Å²) in [5.41, 5.74) is 0.998. The van der Waals surface area contributed by atoms with Crippen LogP contribution in [-0.2, 0) is 15.3 Å². The zero-order valence-corrected chi connectivity index (χ0v) is 14.8. The van der Waals surface area contributed by atoms with Gasteiger partial charge >= 0.3 is 6.09 Å². The van der Waals surface area contributed by atoms with Gasteiger partial charge in [0.25, 0.3) is 0 Å². The Bertz CT molecular complexity index is 536. The maximum Gasteiger partial charge on any atom is 0.408 e. The van der Waals surface area contributed by atoms with Crippen LogP contribution in [0.25, 0.3) is 0 Å². The molecule has 0 unspecified atom stereocenters. The van der Waals surface area contributed by atoms with Crippen LogP contribution in [0.2, 0.25) is 5.02 Å². The van der Waals surface area contributed by atoms with Crippen LogP contribution in [0.3, 0.4) is 0 Å². The van der Waals surface area contributed by atoms with Crippen molar-refractivity contribution in [3.63, 3.8) is 0 Å². The normalized spacial score (nSPS) is 11.6. The summed E-state index contributed by atoms with van der Waals surface area (Å²) in [4.78, 5) is 23.8. The van der Waals surface area contributed by atoms with E-state index in [-0.39, 0.29) is 12.4 Å². The van der Waals surface area contributed by atoms with Gasteiger partial charge in [-0.1, -0.05) is 55.8 Å². The van der Waals surface area contributed by atoms with E-state index in [2.05, 4.69) is 11.9 Å². The Balaban J connectivity index is 2.46. The minimum atomic E-state index is -0.590. The van der Waals surface area contributed by atoms with Crippen molar-refractivity contribution in [3.05, 3.63) is 47.5 Å². The lowest BCUT2D eigenvalue weighted by molar-refractivity contribution is -0.118. The van der Waals surface area contributed by atoms with Gasteiger partial charge in [-0.2, -0.15) is 0 Å². The number of carbonyl (C=O) groups is 2. The molecule has 1 atom stereocenters. The predicted octanol–water partition coefficient (Wildman–Crippen LogP) is 4.22. The molecule has 0 fully saturated rings. The second-order valence-electron chi connectivity index (χ2n) is 4.92. The number of Topliss-reactive ketones (excluding diaryl/α,β-unsaturated/α-hetero) is 1. The van der Waals surface area contributed by atoms with Crippen molar-refractivity contribution >= 4 is 35.2 Å². The average Bonchev–Trinajstić information content (AvgIpc) is 2.54. The van der Waals surface area contributed by atoms with Gasteiger partial charge in [0, 0.05) is 10.8 Å². The van der Waals surface area contributed by atoms with E-state index in [1.54, 1.807) is 0 Å². The van der Waals surface area contributed by atoms with E-state index in [1.807, 2.05) is 31.2 Å². The third kappa shape index (κ3) is 7.57. The molecule has 1 amide bonds. The van der Waals surface area contributed by atoms with Gasteiger partial charge in [0.15, 0.2) is 5.78 Å². The van der Waals surface area contributed by atoms with E-state index in [1.165, 1.54) is 17.8 Å². The van der Waals surface area contributed by atoms with E-state index in [0.717, 1.165) is 12.0 Å². The molecule has 4 nitrogen and oxygen atoms in total. The summed E-state index contributed by atoms with van der Waals surface area (Å²) in [6, 6.07) is 7.04. The Morgan fingerprint density at radius 3 is 2.83 bits per heavy atom. The number of rotatable bonds is 10. The number of thioether (sulfide) groups is 1. The topological polar surface area (TPSA) is 55.4 Å². The maximum atomic E-state index is 12.3. The molecule has 0 radical (unpaired) electrons. The van der Waals surface area contributed by atoms with Crippen LogP contribution < -0.4 is 5.32 Å². The van der Waals surface area contributed by atoms with Crippen LogP contribution >= 0.6 is 23.4 Å². The van der Waals surface area contributed by atoms with Crippen LogP contribution in [0.15, 0.2) is 36.9 Å². The highest BCUT2D eigenvalue weighted by atomic mass is 35.5. The Kier molecular flexibility index (Phi) is 9.48. The molecule has 23 heavy (non-hydrogen) atoms. The zero-order chi connectivity index (χ0) is 17.1. The Labute approximate surface area is 146 Å². The van der Waals surface area contributed by atoms with Crippen LogP contribution in [0.1, 0.15) is 25.3 Å². The van der Waals surface area contributed by atoms with E-state index in [9.17, 15) is 9.59 Å². The zero-order valence-electron chi connectivity index (χ0n) is 13.2. The number of carbonyl (C=O) groups excluding carboxylic acids is 2. The molecule has 1 aromatic carbocycles. The van der Waals surface area contributed by atoms with E-state index in [4.69, 9.17) is 16.3 Å². The third-order valence-electron chi connectivity index (χ3n) is 3.05. The Morgan fingerprint density at radius 1 is 1.43 bits per heavy atom. The van der Waals surface area contributed by atoms with Crippen molar-refractivity contribution in [1.82, 2.24) is 5.32 Å². The summed E-state index contributed by atoms with van der Waals surface area (Å²) in [5.74, 6) is 0.961. The van der Waals surface area contributed by atoms with Gasteiger partial charge in [-0.25, -0.2) is 4.79 Å². The fourth-order valence-electron chi connectivity index (χ4n) is 1.90. The number of ether oxygens (including phenoxy) is 1. The average molecular weight is 356 g/mol. The minimum Gasteiger partial charge on any atom is -0.445 e. The molecule has 1 N–H and O–H groups in total. The molecule has 0 saturated heterocycles. The SMILES string of the molecule is C=CCOC(=O)N[C@@H](CCC)C(=O)CSCc1ccccc1Cl. The summed E-state index contributed by atoms with van der Waals surface area (Å²) in [6.45, 7) is 5.56. The van der Waals surface area contributed by atoms with Crippen LogP contribution in [0.5, 0.6) is 0 Å². The first-order valence-corrected chi connectivity index (χ1v) is 8.99. The summed E-state index contributed by atoms with van der Waals surface area (Å²) < 4.78 is 4.86. The second-order valence-corrected chi connectivity index (χ2v) is 6.32. The van der Waals surface area contributed by atoms with E-state index >= 15 is 0 Å². The highest BCUT2D eigenvalue weighted by molar-refractivity contribution is 7.99. The van der Waals surface area contributed by atoms with Gasteiger partial charge in [0.2, 0.25) is 0 Å². The quantitative estimate of drug-likeness (QED) is 0.638. The Hall–Kier alpha value is -1.46. The summed E-state index contributed by atoms with van der Waals surface area (Å²) >= 11 is 7.57. The van der Waals surface area contributed by atoms with E-state index < -0.39 is 12.1 Å². The molecule has 0 spiro atoms. The molecular weight excluding hydrogens is 334 g/mol. The number of benzene rings is 1. The first kappa shape index (κ1) is 19.6. The van der Waals surface area contributed by atoms with Crippen molar-refractivity contribution in [2.45, 2.75) is 31.6 Å². The van der Waals surface area contributed by atoms with Gasteiger partial charge in [-0.3, -0.25) is 4.79 Å². The highest BCUT2D eigenvalue weighted by Crippen LogP contribution is 2.21. The van der Waals surface area contributed by atoms with Gasteiger partial charge in [0.05, 0.1) is 11.8 Å². The molecule has 0 saturated carbocycles. The Morgan fingerprint density at radius 2 is 2.17 bits per heavy atom. The fourth-order valence-corrected chi connectivity index (χ4v) is 3.16. The lowest BCUT2D eigenvalue weighted by Gasteiger charge is -2.16. The number of hydrogen-bond acceptors (Lipinski definition) is 4. The number of ketones is 1. The smallest absolute Gasteiger partial charge is 0.408 e. The van der Waals surface area contributed by atoms with E-state index in [0.29, 0.717) is 22.9 Å². The number of nitrogens with one attached hydrogen (secondary N) is 1. The molecule has 126 valence electrons. The highest BCUT2D eigenvalue weighted by Gasteiger charge is 2.20. The van der Waals surface area contributed by atoms with Crippen LogP contribution in [-0.4, -0.2) is 30.3 Å². The second kappa shape index (κ2) is 11.1. The van der Waals surface area contributed by atoms with Crippen molar-refractivity contribution in [3.8, 4) is 0 Å². The summed E-state index contributed by atoms with van der Waals surface area (Å²) in [5, 5.41) is 3.31. The molecule has 1 aromatic rings. The predicted molar refractivity (Wildman–Crippen MR) is 96.0 cm³/mol. The molecule has 0 heterocycles. The summed E-state index contributed by atoms with van der Waals surface area (Å²) in [7, 11) is 0. The number of halogens is 1. The van der Waals surface area contributed by atoms with Gasteiger partial charge in [-0.15, -0.1) is 11.8 Å². The lowest BCUT2D eigenvalue weighted by Crippen LogP contribution is -2.42. The van der Waals surface area contributed by atoms with Crippen molar-refractivity contribution < 1.29 is 14.3 Å². The number of hydrogen-bond donors (Lipinski definition) is 1. The molecule has 0 aromatic heterocycles. The van der Waals surface area contributed by atoms with Gasteiger partial charge in [0.1, 0.15) is 6.61 Å². The molecule has 0 aliphatic rings. The maximum absolute atomic E-state index is 12.3. The van der Waals surface area contributed by atoms with Gasteiger partial charge in [-0.05, 0) is 18.1 Å². The first-order chi connectivity index (χ1) is 11.1. The van der Waals surface area contributed by atoms with Gasteiger partial charge < -0.3 is 10.1 Å². The fraction of sp³-hybridized carbons (Fsp3) is 0.412. The lowest BCUT2D eigenvalue weighted by atomic mass is 10.1. The van der Waals surface area contributed by atoms with Crippen LogP contribution in [0.4, 0.5) is 4.79 Å². The monoisotopic (exact) mass is 355 g/mol. The van der Waals surface area contributed by atoms with Crippen molar-refractivity contribution in [2.75, 3.05) is 12.4 Å². The molecule has 0 aliphatic carbocycles. The molecule has 1 rings (SSSR count). The van der Waals surface area contributed by atoms with Crippen molar-refractivity contribution in [2.24, 2.45) is 0 Å². The standard InChI is InChI=1S/C17H22ClNO3S/c1-3-7-15(19-17(21)22-10-4-2)16(20)12-23-11-13-8-5-6-9-14(13)18/h4-6,8-9,15H,2-3,7,10-12H2,1H3,(H,19,21)/t15-/m0/s1. The van der Waals surface area contributed by atoms with Crippen LogP contribution in [0, 0.1) is 0 Å².